The van der Waals surface area contributed by atoms with Gasteiger partial charge in [0.05, 0.1) is 10.0 Å². The number of amides is 2. The number of hydrogen-bond donors (Lipinski definition) is 0. The molecule has 1 aliphatic heterocycles. The number of halogens is 2. The van der Waals surface area contributed by atoms with Crippen molar-refractivity contribution in [3.05, 3.63) is 28.2 Å². The van der Waals surface area contributed by atoms with Gasteiger partial charge in [-0.2, -0.15) is 0 Å². The third-order valence-corrected chi connectivity index (χ3v) is 5.92. The van der Waals surface area contributed by atoms with Crippen molar-refractivity contribution in [2.24, 2.45) is 5.92 Å². The summed E-state index contributed by atoms with van der Waals surface area (Å²) in [5, 5.41) is 0.842. The summed E-state index contributed by atoms with van der Waals surface area (Å²) in [5.74, 6) is 1.22. The van der Waals surface area contributed by atoms with E-state index in [1.165, 1.54) is 25.7 Å². The van der Waals surface area contributed by atoms with Crippen LogP contribution < -0.4 is 4.74 Å². The Labute approximate surface area is 164 Å². The van der Waals surface area contributed by atoms with Gasteiger partial charge >= 0.3 is 0 Å². The molecule has 0 bridgehead atoms. The number of nitrogens with zero attached hydrogens (tertiary/aromatic N) is 2. The molecule has 1 aliphatic carbocycles. The Hall–Kier alpha value is -1.46. The van der Waals surface area contributed by atoms with Crippen molar-refractivity contribution in [3.8, 4) is 5.75 Å². The molecular formula is C19H24Cl2N2O3. The second-order valence-electron chi connectivity index (χ2n) is 6.98. The second kappa shape index (κ2) is 8.96. The molecule has 2 amide bonds. The summed E-state index contributed by atoms with van der Waals surface area (Å²) < 4.78 is 5.50. The second-order valence-corrected chi connectivity index (χ2v) is 7.80. The highest BCUT2D eigenvalue weighted by Gasteiger charge is 2.26. The Bertz CT molecular complexity index is 654. The van der Waals surface area contributed by atoms with Gasteiger partial charge in [-0.1, -0.05) is 36.0 Å². The SMILES string of the molecule is O=C(COc1ccc(Cl)c(Cl)c1)N1CCN(C(=O)CC2CCCC2)CC1. The summed E-state index contributed by atoms with van der Waals surface area (Å²) in [6.45, 7) is 2.27. The number of piperazine rings is 1. The molecule has 1 saturated carbocycles. The fourth-order valence-corrected chi connectivity index (χ4v) is 3.89. The summed E-state index contributed by atoms with van der Waals surface area (Å²) in [6, 6.07) is 4.91. The van der Waals surface area contributed by atoms with E-state index in [9.17, 15) is 9.59 Å². The highest BCUT2D eigenvalue weighted by atomic mass is 35.5. The highest BCUT2D eigenvalue weighted by Crippen LogP contribution is 2.28. The lowest BCUT2D eigenvalue weighted by molar-refractivity contribution is -0.141. The zero-order chi connectivity index (χ0) is 18.5. The first-order valence-electron chi connectivity index (χ1n) is 9.16. The third kappa shape index (κ3) is 5.04. The average molecular weight is 399 g/mol. The number of carbonyl (C=O) groups excluding carboxylic acids is 2. The molecule has 5 nitrogen and oxygen atoms in total. The number of rotatable bonds is 5. The van der Waals surface area contributed by atoms with Crippen molar-refractivity contribution in [2.75, 3.05) is 32.8 Å². The standard InChI is InChI=1S/C19H24Cl2N2O3/c20-16-6-5-15(12-17(16)21)26-13-19(25)23-9-7-22(8-10-23)18(24)11-14-3-1-2-4-14/h5-6,12,14H,1-4,7-11,13H2. The summed E-state index contributed by atoms with van der Waals surface area (Å²) in [7, 11) is 0. The van der Waals surface area contributed by atoms with Gasteiger partial charge in [0.25, 0.3) is 5.91 Å². The molecule has 0 spiro atoms. The van der Waals surface area contributed by atoms with Crippen molar-refractivity contribution in [1.82, 2.24) is 9.80 Å². The zero-order valence-corrected chi connectivity index (χ0v) is 16.3. The maximum Gasteiger partial charge on any atom is 0.260 e. The van der Waals surface area contributed by atoms with Gasteiger partial charge < -0.3 is 14.5 Å². The topological polar surface area (TPSA) is 49.9 Å². The molecule has 1 heterocycles. The molecule has 1 aromatic carbocycles. The summed E-state index contributed by atoms with van der Waals surface area (Å²) in [6.07, 6.45) is 5.51. The quantitative estimate of drug-likeness (QED) is 0.760. The van der Waals surface area contributed by atoms with Crippen LogP contribution in [-0.2, 0) is 9.59 Å². The average Bonchev–Trinajstić information content (AvgIpc) is 3.15. The van der Waals surface area contributed by atoms with Crippen LogP contribution in [0.5, 0.6) is 5.75 Å². The molecule has 0 radical (unpaired) electrons. The zero-order valence-electron chi connectivity index (χ0n) is 14.8. The van der Waals surface area contributed by atoms with Crippen LogP contribution in [0.3, 0.4) is 0 Å². The summed E-state index contributed by atoms with van der Waals surface area (Å²) in [4.78, 5) is 28.3. The lowest BCUT2D eigenvalue weighted by atomic mass is 10.0. The molecule has 142 valence electrons. The monoisotopic (exact) mass is 398 g/mol. The molecule has 3 rings (SSSR count). The van der Waals surface area contributed by atoms with Crippen molar-refractivity contribution in [2.45, 2.75) is 32.1 Å². The van der Waals surface area contributed by atoms with E-state index in [4.69, 9.17) is 27.9 Å². The van der Waals surface area contributed by atoms with Gasteiger partial charge in [-0.3, -0.25) is 9.59 Å². The van der Waals surface area contributed by atoms with E-state index in [-0.39, 0.29) is 18.4 Å². The Balaban J connectivity index is 1.41. The molecule has 2 fully saturated rings. The smallest absolute Gasteiger partial charge is 0.260 e. The molecule has 26 heavy (non-hydrogen) atoms. The van der Waals surface area contributed by atoms with E-state index < -0.39 is 0 Å². The predicted molar refractivity (Wildman–Crippen MR) is 102 cm³/mol. The van der Waals surface area contributed by atoms with E-state index in [1.807, 2.05) is 4.90 Å². The van der Waals surface area contributed by atoms with Gasteiger partial charge in [0, 0.05) is 38.7 Å². The summed E-state index contributed by atoms with van der Waals surface area (Å²) in [5.41, 5.74) is 0. The minimum Gasteiger partial charge on any atom is -0.484 e. The molecule has 0 atom stereocenters. The van der Waals surface area contributed by atoms with Gasteiger partial charge in [0.15, 0.2) is 6.61 Å². The Morgan fingerprint density at radius 3 is 2.19 bits per heavy atom. The number of carbonyl (C=O) groups is 2. The lowest BCUT2D eigenvalue weighted by Crippen LogP contribution is -2.51. The number of benzene rings is 1. The predicted octanol–water partition coefficient (Wildman–Crippen LogP) is 3.62. The van der Waals surface area contributed by atoms with Crippen LogP contribution in [0.1, 0.15) is 32.1 Å². The van der Waals surface area contributed by atoms with Gasteiger partial charge in [0.2, 0.25) is 5.91 Å². The molecule has 1 aromatic rings. The minimum atomic E-state index is -0.0843. The molecular weight excluding hydrogens is 375 g/mol. The number of ether oxygens (including phenoxy) is 1. The summed E-state index contributed by atoms with van der Waals surface area (Å²) >= 11 is 11.8. The van der Waals surface area contributed by atoms with Crippen molar-refractivity contribution >= 4 is 35.0 Å². The molecule has 2 aliphatic rings. The fraction of sp³-hybridized carbons (Fsp3) is 0.579. The van der Waals surface area contributed by atoms with E-state index >= 15 is 0 Å². The van der Waals surface area contributed by atoms with Crippen molar-refractivity contribution in [3.63, 3.8) is 0 Å². The first kappa shape index (κ1) is 19.3. The van der Waals surface area contributed by atoms with Crippen molar-refractivity contribution in [1.29, 1.82) is 0 Å². The van der Waals surface area contributed by atoms with E-state index in [0.717, 1.165) is 0 Å². The molecule has 1 saturated heterocycles. The molecule has 0 unspecified atom stereocenters. The van der Waals surface area contributed by atoms with Crippen molar-refractivity contribution < 1.29 is 14.3 Å². The van der Waals surface area contributed by atoms with Crippen LogP contribution in [0, 0.1) is 5.92 Å². The lowest BCUT2D eigenvalue weighted by Gasteiger charge is -2.35. The van der Waals surface area contributed by atoms with Gasteiger partial charge in [-0.25, -0.2) is 0 Å². The molecule has 0 aromatic heterocycles. The van der Waals surface area contributed by atoms with Crippen LogP contribution in [0.25, 0.3) is 0 Å². The normalized spacial score (nSPS) is 18.2. The maximum atomic E-state index is 12.4. The number of hydrogen-bond acceptors (Lipinski definition) is 3. The van der Waals surface area contributed by atoms with Crippen LogP contribution in [-0.4, -0.2) is 54.4 Å². The Morgan fingerprint density at radius 1 is 0.962 bits per heavy atom. The van der Waals surface area contributed by atoms with Gasteiger partial charge in [-0.15, -0.1) is 0 Å². The first-order chi connectivity index (χ1) is 12.5. The Morgan fingerprint density at radius 2 is 1.58 bits per heavy atom. The fourth-order valence-electron chi connectivity index (χ4n) is 3.60. The highest BCUT2D eigenvalue weighted by molar-refractivity contribution is 6.42. The molecule has 7 heteroatoms. The first-order valence-corrected chi connectivity index (χ1v) is 9.92. The van der Waals surface area contributed by atoms with Gasteiger partial charge in [0.1, 0.15) is 5.75 Å². The van der Waals surface area contributed by atoms with Crippen LogP contribution in [0.4, 0.5) is 0 Å². The van der Waals surface area contributed by atoms with E-state index in [0.29, 0.717) is 54.3 Å². The Kier molecular flexibility index (Phi) is 6.65. The van der Waals surface area contributed by atoms with E-state index in [1.54, 1.807) is 23.1 Å². The largest absolute Gasteiger partial charge is 0.484 e. The van der Waals surface area contributed by atoms with Crippen LogP contribution in [0.2, 0.25) is 10.0 Å². The van der Waals surface area contributed by atoms with Crippen LogP contribution >= 0.6 is 23.2 Å². The van der Waals surface area contributed by atoms with Gasteiger partial charge in [-0.05, 0) is 30.9 Å². The van der Waals surface area contributed by atoms with Crippen LogP contribution in [0.15, 0.2) is 18.2 Å². The maximum absolute atomic E-state index is 12.4. The molecule has 0 N–H and O–H groups in total. The minimum absolute atomic E-state index is 0.0476. The van der Waals surface area contributed by atoms with E-state index in [2.05, 4.69) is 0 Å². The third-order valence-electron chi connectivity index (χ3n) is 5.18.